The summed E-state index contributed by atoms with van der Waals surface area (Å²) in [6, 6.07) is 9.54. The van der Waals surface area contributed by atoms with Crippen molar-refractivity contribution in [3.05, 3.63) is 53.2 Å². The minimum absolute atomic E-state index is 0.167. The molecule has 0 aliphatic carbocycles. The van der Waals surface area contributed by atoms with Crippen LogP contribution in [0, 0.1) is 0 Å². The molecule has 0 radical (unpaired) electrons. The molecule has 1 aromatic heterocycles. The van der Waals surface area contributed by atoms with Crippen LogP contribution in [0.25, 0.3) is 0 Å². The molecule has 0 bridgehead atoms. The van der Waals surface area contributed by atoms with Crippen LogP contribution in [-0.2, 0) is 22.7 Å². The van der Waals surface area contributed by atoms with E-state index in [0.717, 1.165) is 49.7 Å². The molecule has 5 rings (SSSR count). The number of hydrogen-bond donors (Lipinski definition) is 1. The second-order valence-electron chi connectivity index (χ2n) is 10.3. The maximum atomic E-state index is 13.0. The lowest BCUT2D eigenvalue weighted by molar-refractivity contribution is -0.136. The monoisotopic (exact) mass is 519 g/mol. The van der Waals surface area contributed by atoms with Gasteiger partial charge in [0.05, 0.1) is 0 Å². The number of benzene rings is 1. The zero-order chi connectivity index (χ0) is 26.6. The number of nitrogens with zero attached hydrogens (tertiary/aromatic N) is 4. The second kappa shape index (κ2) is 11.5. The van der Waals surface area contributed by atoms with Gasteiger partial charge in [-0.25, -0.2) is 4.98 Å². The highest BCUT2D eigenvalue weighted by Gasteiger charge is 2.39. The van der Waals surface area contributed by atoms with Crippen molar-refractivity contribution in [2.24, 2.45) is 0 Å². The van der Waals surface area contributed by atoms with E-state index in [-0.39, 0.29) is 18.2 Å². The summed E-state index contributed by atoms with van der Waals surface area (Å²) in [6.07, 6.45) is 6.04. The van der Waals surface area contributed by atoms with Gasteiger partial charge in [-0.1, -0.05) is 12.5 Å². The highest BCUT2D eigenvalue weighted by Crippen LogP contribution is 2.30. The molecule has 1 N–H and O–H groups in total. The first kappa shape index (κ1) is 26.2. The number of pyridine rings is 1. The Bertz CT molecular complexity index is 1180. The molecule has 3 aliphatic heterocycles. The molecule has 3 aliphatic rings. The Morgan fingerprint density at radius 2 is 1.92 bits per heavy atom. The van der Waals surface area contributed by atoms with Crippen LogP contribution >= 0.6 is 0 Å². The summed E-state index contributed by atoms with van der Waals surface area (Å²) in [7, 11) is 0. The first-order chi connectivity index (χ1) is 18.5. The van der Waals surface area contributed by atoms with Gasteiger partial charge in [0, 0.05) is 50.4 Å². The van der Waals surface area contributed by atoms with Gasteiger partial charge < -0.3 is 14.5 Å². The van der Waals surface area contributed by atoms with Crippen LogP contribution in [0.1, 0.15) is 67.4 Å². The van der Waals surface area contributed by atoms with Crippen molar-refractivity contribution < 1.29 is 19.1 Å². The van der Waals surface area contributed by atoms with E-state index in [1.165, 1.54) is 18.4 Å². The molecule has 2 saturated heterocycles. The predicted octanol–water partition coefficient (Wildman–Crippen LogP) is 3.12. The number of imide groups is 1. The third-order valence-corrected chi connectivity index (χ3v) is 7.97. The molecule has 9 nitrogen and oxygen atoms in total. The fourth-order valence-electron chi connectivity index (χ4n) is 5.77. The smallest absolute Gasteiger partial charge is 0.255 e. The highest BCUT2D eigenvalue weighted by molar-refractivity contribution is 6.05. The average Bonchev–Trinajstić information content (AvgIpc) is 3.25. The fourth-order valence-corrected chi connectivity index (χ4v) is 5.77. The largest absolute Gasteiger partial charge is 0.492 e. The number of rotatable bonds is 9. The average molecular weight is 520 g/mol. The van der Waals surface area contributed by atoms with E-state index in [4.69, 9.17) is 4.74 Å². The Balaban J connectivity index is 1.20. The summed E-state index contributed by atoms with van der Waals surface area (Å²) in [4.78, 5) is 47.8. The Morgan fingerprint density at radius 1 is 1.08 bits per heavy atom. The molecule has 1 aromatic carbocycles. The van der Waals surface area contributed by atoms with Crippen LogP contribution in [0.3, 0.4) is 0 Å². The van der Waals surface area contributed by atoms with Crippen molar-refractivity contribution in [3.63, 3.8) is 0 Å². The van der Waals surface area contributed by atoms with Crippen LogP contribution in [-0.4, -0.2) is 70.8 Å². The van der Waals surface area contributed by atoms with Gasteiger partial charge in [-0.2, -0.15) is 0 Å². The maximum absolute atomic E-state index is 13.0. The SMILES string of the molecule is CCN(CC)c1ccc(CN2CCCC[C@@H]2COc2ccc3c(c2)CN(C2CCC(=O)NC2=O)C3=O)cn1. The van der Waals surface area contributed by atoms with Crippen LogP contribution in [0.15, 0.2) is 36.5 Å². The first-order valence-electron chi connectivity index (χ1n) is 13.8. The fraction of sp³-hybridized carbons (Fsp3) is 0.517. The van der Waals surface area contributed by atoms with Gasteiger partial charge in [-0.15, -0.1) is 0 Å². The molecule has 4 heterocycles. The zero-order valence-corrected chi connectivity index (χ0v) is 22.3. The number of aromatic nitrogens is 1. The number of carbonyl (C=O) groups is 3. The van der Waals surface area contributed by atoms with Gasteiger partial charge in [0.15, 0.2) is 0 Å². The second-order valence-corrected chi connectivity index (χ2v) is 10.3. The van der Waals surface area contributed by atoms with E-state index < -0.39 is 11.9 Å². The first-order valence-corrected chi connectivity index (χ1v) is 13.8. The lowest BCUT2D eigenvalue weighted by atomic mass is 10.0. The van der Waals surface area contributed by atoms with E-state index in [0.29, 0.717) is 31.2 Å². The normalized spacial score (nSPS) is 21.8. The van der Waals surface area contributed by atoms with Crippen molar-refractivity contribution in [3.8, 4) is 5.75 Å². The molecule has 2 fully saturated rings. The van der Waals surface area contributed by atoms with Gasteiger partial charge >= 0.3 is 0 Å². The summed E-state index contributed by atoms with van der Waals surface area (Å²) in [5.74, 6) is 0.908. The van der Waals surface area contributed by atoms with Crippen molar-refractivity contribution in [2.45, 2.75) is 71.1 Å². The molecular formula is C29H37N5O4. The van der Waals surface area contributed by atoms with E-state index in [2.05, 4.69) is 46.1 Å². The van der Waals surface area contributed by atoms with E-state index in [1.807, 2.05) is 18.3 Å². The number of fused-ring (bicyclic) bond motifs is 1. The third-order valence-electron chi connectivity index (χ3n) is 7.97. The standard InChI is InChI=1S/C29H37N5O4/c1-3-32(4-2)26-12-8-20(16-30-26)17-33-14-6-5-7-22(33)19-38-23-9-10-24-21(15-23)18-34(29(24)37)25-11-13-27(35)31-28(25)36/h8-10,12,15-16,22,25H,3-7,11,13-14,17-19H2,1-2H3,(H,31,35,36)/t22-,25?/m1/s1. The van der Waals surface area contributed by atoms with Crippen LogP contribution in [0.5, 0.6) is 5.75 Å². The molecule has 0 saturated carbocycles. The number of likely N-dealkylation sites (tertiary alicyclic amines) is 1. The molecule has 2 atom stereocenters. The Labute approximate surface area is 224 Å². The van der Waals surface area contributed by atoms with Crippen LogP contribution in [0.2, 0.25) is 0 Å². The van der Waals surface area contributed by atoms with Crippen molar-refractivity contribution in [1.82, 2.24) is 20.1 Å². The van der Waals surface area contributed by atoms with Crippen molar-refractivity contribution >= 4 is 23.5 Å². The Kier molecular flexibility index (Phi) is 7.93. The van der Waals surface area contributed by atoms with Gasteiger partial charge in [-0.05, 0) is 75.0 Å². The van der Waals surface area contributed by atoms with Crippen LogP contribution < -0.4 is 15.0 Å². The predicted molar refractivity (Wildman–Crippen MR) is 144 cm³/mol. The third kappa shape index (κ3) is 5.53. The van der Waals surface area contributed by atoms with Crippen LogP contribution in [0.4, 0.5) is 5.82 Å². The Hall–Kier alpha value is -3.46. The number of hydrogen-bond acceptors (Lipinski definition) is 7. The Morgan fingerprint density at radius 3 is 2.66 bits per heavy atom. The van der Waals surface area contributed by atoms with Gasteiger partial charge in [0.1, 0.15) is 24.2 Å². The number of ether oxygens (including phenoxy) is 1. The lowest BCUT2D eigenvalue weighted by Gasteiger charge is -2.35. The summed E-state index contributed by atoms with van der Waals surface area (Å²) in [5.41, 5.74) is 2.66. The molecule has 3 amide bonds. The number of nitrogens with one attached hydrogen (secondary N) is 1. The summed E-state index contributed by atoms with van der Waals surface area (Å²) in [6.45, 7) is 8.98. The number of anilines is 1. The van der Waals surface area contributed by atoms with E-state index >= 15 is 0 Å². The molecule has 0 spiro atoms. The van der Waals surface area contributed by atoms with Gasteiger partial charge in [-0.3, -0.25) is 24.6 Å². The molecule has 9 heteroatoms. The minimum Gasteiger partial charge on any atom is -0.492 e. The minimum atomic E-state index is -0.608. The maximum Gasteiger partial charge on any atom is 0.255 e. The molecule has 38 heavy (non-hydrogen) atoms. The van der Waals surface area contributed by atoms with Crippen molar-refractivity contribution in [2.75, 3.05) is 31.1 Å². The topological polar surface area (TPSA) is 95.1 Å². The molecular weight excluding hydrogens is 482 g/mol. The number of piperidine rings is 2. The van der Waals surface area contributed by atoms with Gasteiger partial charge in [0.2, 0.25) is 11.8 Å². The number of carbonyl (C=O) groups excluding carboxylic acids is 3. The van der Waals surface area contributed by atoms with Gasteiger partial charge in [0.25, 0.3) is 5.91 Å². The summed E-state index contributed by atoms with van der Waals surface area (Å²) in [5, 5.41) is 2.35. The molecule has 1 unspecified atom stereocenters. The van der Waals surface area contributed by atoms with Crippen molar-refractivity contribution in [1.29, 1.82) is 0 Å². The van der Waals surface area contributed by atoms with E-state index in [9.17, 15) is 14.4 Å². The zero-order valence-electron chi connectivity index (χ0n) is 22.3. The summed E-state index contributed by atoms with van der Waals surface area (Å²) < 4.78 is 6.25. The summed E-state index contributed by atoms with van der Waals surface area (Å²) >= 11 is 0. The number of amides is 3. The lowest BCUT2D eigenvalue weighted by Crippen LogP contribution is -2.52. The highest BCUT2D eigenvalue weighted by atomic mass is 16.5. The molecule has 2 aromatic rings. The van der Waals surface area contributed by atoms with E-state index in [1.54, 1.807) is 11.0 Å². The quantitative estimate of drug-likeness (QED) is 0.509. The molecule has 202 valence electrons.